The Hall–Kier alpha value is -1.01. The summed E-state index contributed by atoms with van der Waals surface area (Å²) in [5.74, 6) is 0.675. The molecule has 2 rings (SSSR count). The van der Waals surface area contributed by atoms with Crippen LogP contribution in [0.2, 0.25) is 0 Å². The van der Waals surface area contributed by atoms with Crippen molar-refractivity contribution in [3.05, 3.63) is 11.4 Å². The first-order valence-electron chi connectivity index (χ1n) is 6.34. The van der Waals surface area contributed by atoms with E-state index in [-0.39, 0.29) is 11.1 Å². The molecular formula is C12H20N4OS. The van der Waals surface area contributed by atoms with Crippen molar-refractivity contribution in [3.63, 3.8) is 0 Å². The number of rotatable bonds is 5. The monoisotopic (exact) mass is 268 g/mol. The van der Waals surface area contributed by atoms with Gasteiger partial charge in [-0.1, -0.05) is 23.9 Å². The Labute approximate surface area is 113 Å². The van der Waals surface area contributed by atoms with Crippen LogP contribution in [0.1, 0.15) is 56.6 Å². The van der Waals surface area contributed by atoms with Crippen molar-refractivity contribution in [1.29, 1.82) is 0 Å². The molecule has 18 heavy (non-hydrogen) atoms. The SMILES string of the molecule is COC(C)c1c(C(N)=S)nnn1C(C)C1CCC1. The van der Waals surface area contributed by atoms with Gasteiger partial charge in [0.15, 0.2) is 0 Å². The predicted molar refractivity (Wildman–Crippen MR) is 73.4 cm³/mol. The second-order valence-corrected chi connectivity index (χ2v) is 5.38. The van der Waals surface area contributed by atoms with E-state index in [4.69, 9.17) is 22.7 Å². The lowest BCUT2D eigenvalue weighted by Crippen LogP contribution is -2.26. The van der Waals surface area contributed by atoms with Crippen LogP contribution in [0.4, 0.5) is 0 Å². The molecule has 6 heteroatoms. The Morgan fingerprint density at radius 1 is 1.50 bits per heavy atom. The van der Waals surface area contributed by atoms with Gasteiger partial charge in [-0.05, 0) is 32.6 Å². The van der Waals surface area contributed by atoms with E-state index >= 15 is 0 Å². The summed E-state index contributed by atoms with van der Waals surface area (Å²) < 4.78 is 7.33. The van der Waals surface area contributed by atoms with Crippen LogP contribution in [-0.4, -0.2) is 27.1 Å². The van der Waals surface area contributed by atoms with Gasteiger partial charge in [-0.3, -0.25) is 0 Å². The highest BCUT2D eigenvalue weighted by Crippen LogP contribution is 2.37. The molecule has 100 valence electrons. The van der Waals surface area contributed by atoms with E-state index in [1.165, 1.54) is 19.3 Å². The quantitative estimate of drug-likeness (QED) is 0.827. The number of nitrogens with zero attached hydrogens (tertiary/aromatic N) is 3. The number of thiocarbonyl (C=S) groups is 1. The van der Waals surface area contributed by atoms with E-state index in [9.17, 15) is 0 Å². The minimum Gasteiger partial charge on any atom is -0.388 e. The molecule has 1 heterocycles. The van der Waals surface area contributed by atoms with Crippen molar-refractivity contribution < 1.29 is 4.74 Å². The molecule has 0 aliphatic heterocycles. The minimum atomic E-state index is -0.112. The van der Waals surface area contributed by atoms with Crippen LogP contribution in [0.15, 0.2) is 0 Å². The lowest BCUT2D eigenvalue weighted by molar-refractivity contribution is 0.103. The summed E-state index contributed by atoms with van der Waals surface area (Å²) in [7, 11) is 1.67. The summed E-state index contributed by atoms with van der Waals surface area (Å²) in [6.45, 7) is 4.14. The molecular weight excluding hydrogens is 248 g/mol. The van der Waals surface area contributed by atoms with Gasteiger partial charge in [0, 0.05) is 7.11 Å². The average Bonchev–Trinajstić information content (AvgIpc) is 2.69. The molecule has 1 fully saturated rings. The van der Waals surface area contributed by atoms with Crippen molar-refractivity contribution in [2.24, 2.45) is 11.7 Å². The molecule has 0 spiro atoms. The minimum absolute atomic E-state index is 0.112. The van der Waals surface area contributed by atoms with Crippen LogP contribution >= 0.6 is 12.2 Å². The van der Waals surface area contributed by atoms with E-state index in [0.717, 1.165) is 5.69 Å². The van der Waals surface area contributed by atoms with Gasteiger partial charge in [0.2, 0.25) is 0 Å². The van der Waals surface area contributed by atoms with Crippen molar-refractivity contribution in [3.8, 4) is 0 Å². The maximum absolute atomic E-state index is 5.70. The predicted octanol–water partition coefficient (Wildman–Crippen LogP) is 1.98. The van der Waals surface area contributed by atoms with Gasteiger partial charge in [-0.15, -0.1) is 5.10 Å². The van der Waals surface area contributed by atoms with Gasteiger partial charge in [0.1, 0.15) is 10.7 Å². The average molecular weight is 268 g/mol. The fourth-order valence-corrected chi connectivity index (χ4v) is 2.53. The zero-order valence-corrected chi connectivity index (χ0v) is 11.9. The third-order valence-corrected chi connectivity index (χ3v) is 4.11. The molecule has 0 bridgehead atoms. The van der Waals surface area contributed by atoms with E-state index in [1.807, 2.05) is 11.6 Å². The molecule has 0 amide bonds. The van der Waals surface area contributed by atoms with Crippen molar-refractivity contribution in [2.45, 2.75) is 45.3 Å². The second-order valence-electron chi connectivity index (χ2n) is 4.94. The van der Waals surface area contributed by atoms with Gasteiger partial charge in [-0.25, -0.2) is 4.68 Å². The number of nitrogens with two attached hydrogens (primary N) is 1. The van der Waals surface area contributed by atoms with Crippen LogP contribution in [0.5, 0.6) is 0 Å². The third-order valence-electron chi connectivity index (χ3n) is 3.92. The molecule has 2 N–H and O–H groups in total. The number of ether oxygens (including phenoxy) is 1. The Bertz CT molecular complexity index is 441. The van der Waals surface area contributed by atoms with Gasteiger partial charge >= 0.3 is 0 Å². The highest BCUT2D eigenvalue weighted by atomic mass is 32.1. The van der Waals surface area contributed by atoms with Gasteiger partial charge < -0.3 is 10.5 Å². The zero-order chi connectivity index (χ0) is 13.3. The molecule has 0 aromatic carbocycles. The number of aromatic nitrogens is 3. The Kier molecular flexibility index (Phi) is 3.97. The second kappa shape index (κ2) is 5.32. The molecule has 1 aromatic heterocycles. The van der Waals surface area contributed by atoms with Crippen molar-refractivity contribution in [2.75, 3.05) is 7.11 Å². The Balaban J connectivity index is 2.36. The first kappa shape index (κ1) is 13.4. The maximum Gasteiger partial charge on any atom is 0.145 e. The molecule has 0 radical (unpaired) electrons. The van der Waals surface area contributed by atoms with Crippen molar-refractivity contribution in [1.82, 2.24) is 15.0 Å². The highest BCUT2D eigenvalue weighted by Gasteiger charge is 2.30. The molecule has 1 aromatic rings. The summed E-state index contributed by atoms with van der Waals surface area (Å²) in [5, 5.41) is 8.34. The summed E-state index contributed by atoms with van der Waals surface area (Å²) in [4.78, 5) is 0.279. The molecule has 5 nitrogen and oxygen atoms in total. The maximum atomic E-state index is 5.70. The summed E-state index contributed by atoms with van der Waals surface area (Å²) >= 11 is 5.03. The molecule has 1 saturated carbocycles. The fourth-order valence-electron chi connectivity index (χ4n) is 2.39. The van der Waals surface area contributed by atoms with Crippen LogP contribution in [0, 0.1) is 5.92 Å². The van der Waals surface area contributed by atoms with Crippen LogP contribution in [-0.2, 0) is 4.74 Å². The normalized spacial score (nSPS) is 19.3. The lowest BCUT2D eigenvalue weighted by atomic mass is 9.80. The van der Waals surface area contributed by atoms with E-state index in [2.05, 4.69) is 17.2 Å². The van der Waals surface area contributed by atoms with E-state index in [1.54, 1.807) is 7.11 Å². The number of methoxy groups -OCH3 is 1. The van der Waals surface area contributed by atoms with Gasteiger partial charge in [0.25, 0.3) is 0 Å². The van der Waals surface area contributed by atoms with Gasteiger partial charge in [-0.2, -0.15) is 0 Å². The highest BCUT2D eigenvalue weighted by molar-refractivity contribution is 7.80. The fraction of sp³-hybridized carbons (Fsp3) is 0.750. The first-order chi connectivity index (χ1) is 8.56. The lowest BCUT2D eigenvalue weighted by Gasteiger charge is -2.32. The van der Waals surface area contributed by atoms with Gasteiger partial charge in [0.05, 0.1) is 17.8 Å². The summed E-state index contributed by atoms with van der Waals surface area (Å²) in [5.41, 5.74) is 7.18. The van der Waals surface area contributed by atoms with Crippen LogP contribution in [0.25, 0.3) is 0 Å². The Morgan fingerprint density at radius 3 is 2.61 bits per heavy atom. The molecule has 2 unspecified atom stereocenters. The molecule has 1 aliphatic rings. The zero-order valence-electron chi connectivity index (χ0n) is 11.1. The molecule has 0 saturated heterocycles. The largest absolute Gasteiger partial charge is 0.388 e. The smallest absolute Gasteiger partial charge is 0.145 e. The standard InChI is InChI=1S/C12H20N4OS/c1-7(9-5-4-6-9)16-11(8(2)17-3)10(12(13)18)14-15-16/h7-9H,4-6H2,1-3H3,(H2,13,18). The summed E-state index contributed by atoms with van der Waals surface area (Å²) in [6, 6.07) is 0.321. The molecule has 2 atom stereocenters. The van der Waals surface area contributed by atoms with E-state index in [0.29, 0.717) is 17.7 Å². The van der Waals surface area contributed by atoms with Crippen LogP contribution < -0.4 is 5.73 Å². The Morgan fingerprint density at radius 2 is 2.17 bits per heavy atom. The van der Waals surface area contributed by atoms with E-state index < -0.39 is 0 Å². The topological polar surface area (TPSA) is 66.0 Å². The van der Waals surface area contributed by atoms with Crippen LogP contribution in [0.3, 0.4) is 0 Å². The summed E-state index contributed by atoms with van der Waals surface area (Å²) in [6.07, 6.45) is 3.70. The number of hydrogen-bond acceptors (Lipinski definition) is 4. The molecule has 1 aliphatic carbocycles. The third kappa shape index (κ3) is 2.27. The van der Waals surface area contributed by atoms with Crippen molar-refractivity contribution >= 4 is 17.2 Å². The first-order valence-corrected chi connectivity index (χ1v) is 6.74. The number of hydrogen-bond donors (Lipinski definition) is 1.